The number of ether oxygens (including phenoxy) is 1. The molecule has 0 radical (unpaired) electrons. The molecule has 2 N–H and O–H groups in total. The third kappa shape index (κ3) is 3.92. The summed E-state index contributed by atoms with van der Waals surface area (Å²) in [5.74, 6) is 0.272. The van der Waals surface area contributed by atoms with E-state index in [1.165, 1.54) is 0 Å². The minimum atomic E-state index is -0.228. The zero-order valence-electron chi connectivity index (χ0n) is 12.1. The fourth-order valence-electron chi connectivity index (χ4n) is 1.76. The highest BCUT2D eigenvalue weighted by Gasteiger charge is 2.11. The molecule has 0 aliphatic heterocycles. The van der Waals surface area contributed by atoms with Crippen LogP contribution in [0.5, 0.6) is 5.88 Å². The number of amides is 1. The van der Waals surface area contributed by atoms with Crippen LogP contribution < -0.4 is 15.4 Å². The van der Waals surface area contributed by atoms with Crippen LogP contribution in [0.2, 0.25) is 0 Å². The van der Waals surface area contributed by atoms with Crippen LogP contribution in [0.4, 0.5) is 11.4 Å². The van der Waals surface area contributed by atoms with Crippen LogP contribution in [-0.4, -0.2) is 29.5 Å². The first-order valence-electron chi connectivity index (χ1n) is 6.74. The number of nitrogens with one attached hydrogen (secondary N) is 2. The molecule has 2 aromatic heterocycles. The van der Waals surface area contributed by atoms with Gasteiger partial charge in [0.15, 0.2) is 0 Å². The zero-order chi connectivity index (χ0) is 15.1. The maximum atomic E-state index is 12.3. The smallest absolute Gasteiger partial charge is 0.259 e. The first kappa shape index (κ1) is 14.8. The number of aromatic nitrogens is 2. The Balaban J connectivity index is 2.12. The topological polar surface area (TPSA) is 76.1 Å². The molecule has 2 heterocycles. The zero-order valence-corrected chi connectivity index (χ0v) is 12.1. The molecule has 0 atom stereocenters. The van der Waals surface area contributed by atoms with E-state index in [0.717, 1.165) is 18.7 Å². The predicted molar refractivity (Wildman–Crippen MR) is 81.8 cm³/mol. The summed E-state index contributed by atoms with van der Waals surface area (Å²) in [5.41, 5.74) is 1.87. The molecule has 110 valence electrons. The van der Waals surface area contributed by atoms with E-state index in [1.807, 2.05) is 0 Å². The lowest BCUT2D eigenvalue weighted by Gasteiger charge is -2.11. The van der Waals surface area contributed by atoms with Crippen molar-refractivity contribution in [3.05, 3.63) is 42.4 Å². The average molecular weight is 286 g/mol. The maximum absolute atomic E-state index is 12.3. The van der Waals surface area contributed by atoms with Crippen LogP contribution >= 0.6 is 0 Å². The van der Waals surface area contributed by atoms with Gasteiger partial charge < -0.3 is 15.4 Å². The van der Waals surface area contributed by atoms with E-state index in [0.29, 0.717) is 17.1 Å². The molecule has 0 fully saturated rings. The number of methoxy groups -OCH3 is 1. The van der Waals surface area contributed by atoms with Gasteiger partial charge in [-0.1, -0.05) is 6.92 Å². The Labute approximate surface area is 123 Å². The van der Waals surface area contributed by atoms with Crippen molar-refractivity contribution < 1.29 is 9.53 Å². The Bertz CT molecular complexity index is 599. The lowest BCUT2D eigenvalue weighted by atomic mass is 10.2. The Morgan fingerprint density at radius 3 is 2.81 bits per heavy atom. The Morgan fingerprint density at radius 2 is 2.14 bits per heavy atom. The molecule has 0 aliphatic carbocycles. The summed E-state index contributed by atoms with van der Waals surface area (Å²) in [7, 11) is 1.54. The lowest BCUT2D eigenvalue weighted by Crippen LogP contribution is -2.15. The summed E-state index contributed by atoms with van der Waals surface area (Å²) in [4.78, 5) is 20.4. The molecular formula is C15H18N4O2. The van der Waals surface area contributed by atoms with E-state index in [1.54, 1.807) is 43.9 Å². The van der Waals surface area contributed by atoms with Crippen molar-refractivity contribution in [2.24, 2.45) is 0 Å². The third-order valence-corrected chi connectivity index (χ3v) is 2.83. The van der Waals surface area contributed by atoms with Gasteiger partial charge in [0.2, 0.25) is 5.88 Å². The van der Waals surface area contributed by atoms with Crippen molar-refractivity contribution in [3.63, 3.8) is 0 Å². The molecule has 2 aromatic rings. The van der Waals surface area contributed by atoms with Gasteiger partial charge in [0.25, 0.3) is 5.91 Å². The van der Waals surface area contributed by atoms with E-state index in [2.05, 4.69) is 27.5 Å². The molecule has 1 amide bonds. The van der Waals surface area contributed by atoms with Crippen molar-refractivity contribution in [2.75, 3.05) is 24.3 Å². The molecular weight excluding hydrogens is 268 g/mol. The highest BCUT2D eigenvalue weighted by atomic mass is 16.5. The fraction of sp³-hybridized carbons (Fsp3) is 0.267. The number of hydrogen-bond acceptors (Lipinski definition) is 5. The average Bonchev–Trinajstić information content (AvgIpc) is 2.54. The number of carbonyl (C=O) groups excluding carboxylic acids is 1. The molecule has 21 heavy (non-hydrogen) atoms. The molecule has 6 heteroatoms. The van der Waals surface area contributed by atoms with Gasteiger partial charge >= 0.3 is 0 Å². The first-order chi connectivity index (χ1) is 10.2. The first-order valence-corrected chi connectivity index (χ1v) is 6.74. The number of carbonyl (C=O) groups is 1. The highest BCUT2D eigenvalue weighted by Crippen LogP contribution is 2.17. The second-order valence-electron chi connectivity index (χ2n) is 4.39. The Morgan fingerprint density at radius 1 is 1.29 bits per heavy atom. The second-order valence-corrected chi connectivity index (χ2v) is 4.39. The minimum absolute atomic E-state index is 0.228. The molecule has 0 spiro atoms. The van der Waals surface area contributed by atoms with Gasteiger partial charge in [-0.25, -0.2) is 4.98 Å². The fourth-order valence-corrected chi connectivity index (χ4v) is 1.76. The molecule has 2 rings (SSSR count). The van der Waals surface area contributed by atoms with Crippen LogP contribution in [0.25, 0.3) is 0 Å². The van der Waals surface area contributed by atoms with Gasteiger partial charge in [-0.3, -0.25) is 9.78 Å². The standard InChI is InChI=1S/C15H18N4O2/c1-3-7-17-13-6-8-16-10-12(13)15(20)19-11-4-5-14(21-2)18-9-11/h4-6,8-10H,3,7H2,1-2H3,(H,16,17)(H,19,20). The molecule has 6 nitrogen and oxygen atoms in total. The number of rotatable bonds is 6. The third-order valence-electron chi connectivity index (χ3n) is 2.83. The number of nitrogens with zero attached hydrogens (tertiary/aromatic N) is 2. The summed E-state index contributed by atoms with van der Waals surface area (Å²) in [5, 5.41) is 6.00. The van der Waals surface area contributed by atoms with Crippen LogP contribution in [0.3, 0.4) is 0 Å². The van der Waals surface area contributed by atoms with Gasteiger partial charge in [0.05, 0.1) is 30.2 Å². The van der Waals surface area contributed by atoms with Crippen LogP contribution in [0.15, 0.2) is 36.8 Å². The van der Waals surface area contributed by atoms with Crippen LogP contribution in [0.1, 0.15) is 23.7 Å². The number of pyridine rings is 2. The Kier molecular flexibility index (Phi) is 5.09. The maximum Gasteiger partial charge on any atom is 0.259 e. The van der Waals surface area contributed by atoms with Gasteiger partial charge in [-0.05, 0) is 18.6 Å². The highest BCUT2D eigenvalue weighted by molar-refractivity contribution is 6.07. The molecule has 0 saturated heterocycles. The van der Waals surface area contributed by atoms with Crippen molar-refractivity contribution in [1.82, 2.24) is 9.97 Å². The molecule has 0 bridgehead atoms. The Hall–Kier alpha value is -2.63. The van der Waals surface area contributed by atoms with Crippen molar-refractivity contribution in [1.29, 1.82) is 0 Å². The van der Waals surface area contributed by atoms with E-state index in [4.69, 9.17) is 4.74 Å². The van der Waals surface area contributed by atoms with E-state index >= 15 is 0 Å². The van der Waals surface area contributed by atoms with Crippen molar-refractivity contribution in [2.45, 2.75) is 13.3 Å². The van der Waals surface area contributed by atoms with E-state index in [-0.39, 0.29) is 5.91 Å². The molecule has 0 unspecified atom stereocenters. The minimum Gasteiger partial charge on any atom is -0.481 e. The van der Waals surface area contributed by atoms with Crippen molar-refractivity contribution in [3.8, 4) is 5.88 Å². The number of hydrogen-bond donors (Lipinski definition) is 2. The molecule has 0 aliphatic rings. The summed E-state index contributed by atoms with van der Waals surface area (Å²) >= 11 is 0. The molecule has 0 saturated carbocycles. The number of anilines is 2. The normalized spacial score (nSPS) is 10.0. The van der Waals surface area contributed by atoms with E-state index in [9.17, 15) is 4.79 Å². The predicted octanol–water partition coefficient (Wildman–Crippen LogP) is 2.56. The SMILES string of the molecule is CCCNc1ccncc1C(=O)Nc1ccc(OC)nc1. The van der Waals surface area contributed by atoms with Gasteiger partial charge in [0, 0.05) is 25.0 Å². The summed E-state index contributed by atoms with van der Waals surface area (Å²) in [6, 6.07) is 5.21. The largest absolute Gasteiger partial charge is 0.481 e. The quantitative estimate of drug-likeness (QED) is 0.853. The van der Waals surface area contributed by atoms with Gasteiger partial charge in [-0.15, -0.1) is 0 Å². The lowest BCUT2D eigenvalue weighted by molar-refractivity contribution is 0.102. The summed E-state index contributed by atoms with van der Waals surface area (Å²) in [6.07, 6.45) is 5.73. The second kappa shape index (κ2) is 7.23. The van der Waals surface area contributed by atoms with E-state index < -0.39 is 0 Å². The van der Waals surface area contributed by atoms with Gasteiger partial charge in [-0.2, -0.15) is 0 Å². The van der Waals surface area contributed by atoms with Gasteiger partial charge in [0.1, 0.15) is 0 Å². The monoisotopic (exact) mass is 286 g/mol. The van der Waals surface area contributed by atoms with Crippen LogP contribution in [-0.2, 0) is 0 Å². The summed E-state index contributed by atoms with van der Waals surface area (Å²) in [6.45, 7) is 2.87. The molecule has 0 aromatic carbocycles. The van der Waals surface area contributed by atoms with Crippen LogP contribution in [0, 0.1) is 0 Å². The summed E-state index contributed by atoms with van der Waals surface area (Å²) < 4.78 is 4.98. The van der Waals surface area contributed by atoms with Crippen molar-refractivity contribution >= 4 is 17.3 Å².